The summed E-state index contributed by atoms with van der Waals surface area (Å²) in [5.74, 6) is 0.481. The minimum absolute atomic E-state index is 0.0644. The van der Waals surface area contributed by atoms with Gasteiger partial charge < -0.3 is 15.5 Å². The number of aryl methyl sites for hydroxylation is 2. The Morgan fingerprint density at radius 2 is 1.77 bits per heavy atom. The summed E-state index contributed by atoms with van der Waals surface area (Å²) in [5.41, 5.74) is 5.48. The summed E-state index contributed by atoms with van der Waals surface area (Å²) in [6, 6.07) is 21.2. The molecule has 2 N–H and O–H groups in total. The van der Waals surface area contributed by atoms with Crippen LogP contribution in [-0.4, -0.2) is 17.7 Å². The summed E-state index contributed by atoms with van der Waals surface area (Å²) in [6.45, 7) is 4.49. The van der Waals surface area contributed by atoms with Crippen molar-refractivity contribution in [2.45, 2.75) is 25.3 Å². The second-order valence-corrected chi connectivity index (χ2v) is 8.35. The van der Waals surface area contributed by atoms with Gasteiger partial charge in [-0.3, -0.25) is 4.79 Å². The van der Waals surface area contributed by atoms with Gasteiger partial charge in [0.2, 0.25) is 5.91 Å². The van der Waals surface area contributed by atoms with Crippen LogP contribution in [0.5, 0.6) is 0 Å². The van der Waals surface area contributed by atoms with Crippen LogP contribution in [-0.2, 0) is 11.3 Å². The molecule has 1 aliphatic heterocycles. The number of nitrogens with one attached hydrogen (secondary N) is 2. The fourth-order valence-electron chi connectivity index (χ4n) is 3.33. The minimum atomic E-state index is -0.316. The molecule has 0 saturated heterocycles. The van der Waals surface area contributed by atoms with E-state index in [1.54, 1.807) is 4.90 Å². The second kappa shape index (κ2) is 8.63. The molecule has 0 aliphatic carbocycles. The van der Waals surface area contributed by atoms with Crippen LogP contribution in [0.3, 0.4) is 0 Å². The molecule has 3 amide bonds. The first-order valence-corrected chi connectivity index (χ1v) is 10.7. The molecule has 0 spiro atoms. The summed E-state index contributed by atoms with van der Waals surface area (Å²) in [6.07, 6.45) is 0. The molecule has 0 fully saturated rings. The maximum Gasteiger partial charge on any atom is 0.323 e. The third-order valence-corrected chi connectivity index (χ3v) is 6.06. The fourth-order valence-corrected chi connectivity index (χ4v) is 4.24. The molecule has 0 radical (unpaired) electrons. The largest absolute Gasteiger partial charge is 0.323 e. The third-order valence-electron chi connectivity index (χ3n) is 5.01. The van der Waals surface area contributed by atoms with E-state index < -0.39 is 0 Å². The number of hydrogen-bond donors (Lipinski definition) is 2. The first-order chi connectivity index (χ1) is 14.5. The molecule has 0 unspecified atom stereocenters. The molecule has 30 heavy (non-hydrogen) atoms. The molecule has 1 aliphatic rings. The molecule has 152 valence electrons. The van der Waals surface area contributed by atoms with Gasteiger partial charge in [0, 0.05) is 16.3 Å². The van der Waals surface area contributed by atoms with Crippen molar-refractivity contribution in [1.29, 1.82) is 0 Å². The van der Waals surface area contributed by atoms with Crippen LogP contribution < -0.4 is 15.5 Å². The van der Waals surface area contributed by atoms with Crippen molar-refractivity contribution < 1.29 is 9.59 Å². The molecule has 6 heteroatoms. The van der Waals surface area contributed by atoms with Gasteiger partial charge in [0.05, 0.1) is 18.0 Å². The molecule has 1 heterocycles. The van der Waals surface area contributed by atoms with E-state index in [4.69, 9.17) is 0 Å². The monoisotopic (exact) mass is 417 g/mol. The van der Waals surface area contributed by atoms with E-state index in [2.05, 4.69) is 10.6 Å². The normalized spacial score (nSPS) is 13.0. The van der Waals surface area contributed by atoms with Crippen LogP contribution >= 0.6 is 11.8 Å². The van der Waals surface area contributed by atoms with Gasteiger partial charge in [-0.1, -0.05) is 48.0 Å². The third kappa shape index (κ3) is 4.49. The quantitative estimate of drug-likeness (QED) is 0.582. The van der Waals surface area contributed by atoms with Crippen molar-refractivity contribution in [1.82, 2.24) is 0 Å². The van der Waals surface area contributed by atoms with Gasteiger partial charge >= 0.3 is 6.03 Å². The van der Waals surface area contributed by atoms with E-state index in [-0.39, 0.29) is 11.9 Å². The minimum Gasteiger partial charge on any atom is -0.308 e. The zero-order valence-electron chi connectivity index (χ0n) is 16.9. The average molecular weight is 418 g/mol. The van der Waals surface area contributed by atoms with E-state index in [9.17, 15) is 9.59 Å². The molecule has 3 aromatic carbocycles. The molecule has 0 aromatic heterocycles. The highest BCUT2D eigenvalue weighted by atomic mass is 32.2. The standard InChI is InChI=1S/C24H23N3O2S/c1-16-7-9-18(10-8-16)14-27-21-13-19(11-12-22(21)30-15-23(27)28)25-24(29)26-20-6-4-3-5-17(20)2/h3-13H,14-15H2,1-2H3,(H2,25,26,29). The topological polar surface area (TPSA) is 61.4 Å². The van der Waals surface area contributed by atoms with Gasteiger partial charge in [-0.15, -0.1) is 11.8 Å². The lowest BCUT2D eigenvalue weighted by Crippen LogP contribution is -2.34. The van der Waals surface area contributed by atoms with Crippen molar-refractivity contribution in [3.05, 3.63) is 83.4 Å². The zero-order valence-corrected chi connectivity index (χ0v) is 17.8. The second-order valence-electron chi connectivity index (χ2n) is 7.33. The van der Waals surface area contributed by atoms with E-state index in [1.807, 2.05) is 80.6 Å². The van der Waals surface area contributed by atoms with Crippen molar-refractivity contribution in [2.75, 3.05) is 21.3 Å². The highest BCUT2D eigenvalue weighted by Gasteiger charge is 2.25. The number of anilines is 3. The number of urea groups is 1. The van der Waals surface area contributed by atoms with E-state index in [1.165, 1.54) is 17.3 Å². The van der Waals surface area contributed by atoms with E-state index in [0.717, 1.165) is 27.4 Å². The molecule has 4 rings (SSSR count). The van der Waals surface area contributed by atoms with Gasteiger partial charge in [-0.2, -0.15) is 0 Å². The molecule has 0 saturated carbocycles. The lowest BCUT2D eigenvalue weighted by Gasteiger charge is -2.29. The summed E-state index contributed by atoms with van der Waals surface area (Å²) >= 11 is 1.53. The molecule has 5 nitrogen and oxygen atoms in total. The predicted molar refractivity (Wildman–Crippen MR) is 123 cm³/mol. The maximum atomic E-state index is 12.6. The Labute approximate surface area is 180 Å². The van der Waals surface area contributed by atoms with Gasteiger partial charge in [0.15, 0.2) is 0 Å². The maximum absolute atomic E-state index is 12.6. The number of carbonyl (C=O) groups excluding carboxylic acids is 2. The van der Waals surface area contributed by atoms with Gasteiger partial charge in [0.25, 0.3) is 0 Å². The summed E-state index contributed by atoms with van der Waals surface area (Å²) in [5, 5.41) is 5.75. The highest BCUT2D eigenvalue weighted by molar-refractivity contribution is 8.00. The number of fused-ring (bicyclic) bond motifs is 1. The summed E-state index contributed by atoms with van der Waals surface area (Å²) in [7, 11) is 0. The van der Waals surface area contributed by atoms with Crippen LogP contribution in [0.25, 0.3) is 0 Å². The highest BCUT2D eigenvalue weighted by Crippen LogP contribution is 2.38. The van der Waals surface area contributed by atoms with E-state index in [0.29, 0.717) is 18.0 Å². The van der Waals surface area contributed by atoms with Crippen molar-refractivity contribution in [2.24, 2.45) is 0 Å². The van der Waals surface area contributed by atoms with Crippen molar-refractivity contribution in [3.8, 4) is 0 Å². The Bertz CT molecular complexity index is 1100. The first-order valence-electron chi connectivity index (χ1n) is 9.76. The van der Waals surface area contributed by atoms with Crippen molar-refractivity contribution >= 4 is 40.8 Å². The first kappa shape index (κ1) is 20.0. The number of para-hydroxylation sites is 1. The Hall–Kier alpha value is -3.25. The molecule has 3 aromatic rings. The Balaban J connectivity index is 1.54. The van der Waals surface area contributed by atoms with Crippen LogP contribution in [0.2, 0.25) is 0 Å². The van der Waals surface area contributed by atoms with Crippen molar-refractivity contribution in [3.63, 3.8) is 0 Å². The Kier molecular flexibility index (Phi) is 5.77. The van der Waals surface area contributed by atoms with Gasteiger partial charge in [0.1, 0.15) is 0 Å². The molecule has 0 atom stereocenters. The van der Waals surface area contributed by atoms with Crippen LogP contribution in [0.1, 0.15) is 16.7 Å². The predicted octanol–water partition coefficient (Wildman–Crippen LogP) is 5.59. The number of nitrogens with zero attached hydrogens (tertiary/aromatic N) is 1. The SMILES string of the molecule is Cc1ccc(CN2C(=O)CSc3ccc(NC(=O)Nc4ccccc4C)cc32)cc1. The lowest BCUT2D eigenvalue weighted by atomic mass is 10.1. The van der Waals surface area contributed by atoms with Crippen LogP contribution in [0.15, 0.2) is 71.6 Å². The van der Waals surface area contributed by atoms with Gasteiger partial charge in [-0.25, -0.2) is 4.79 Å². The average Bonchev–Trinajstić information content (AvgIpc) is 2.73. The van der Waals surface area contributed by atoms with Crippen LogP contribution in [0, 0.1) is 13.8 Å². The smallest absolute Gasteiger partial charge is 0.308 e. The number of hydrogen-bond acceptors (Lipinski definition) is 3. The molecular weight excluding hydrogens is 394 g/mol. The lowest BCUT2D eigenvalue weighted by molar-refractivity contribution is -0.116. The Morgan fingerprint density at radius 1 is 1.00 bits per heavy atom. The number of rotatable bonds is 4. The number of thioether (sulfide) groups is 1. The van der Waals surface area contributed by atoms with E-state index >= 15 is 0 Å². The van der Waals surface area contributed by atoms with Gasteiger partial charge in [-0.05, 0) is 49.2 Å². The van der Waals surface area contributed by atoms with Crippen LogP contribution in [0.4, 0.5) is 21.9 Å². The molecular formula is C24H23N3O2S. The number of benzene rings is 3. The number of amides is 3. The fraction of sp³-hybridized carbons (Fsp3) is 0.167. The zero-order chi connectivity index (χ0) is 21.1. The Morgan fingerprint density at radius 3 is 2.53 bits per heavy atom. The summed E-state index contributed by atoms with van der Waals surface area (Å²) < 4.78 is 0. The summed E-state index contributed by atoms with van der Waals surface area (Å²) in [4.78, 5) is 27.9. The number of carbonyl (C=O) groups is 2. The molecule has 0 bridgehead atoms.